The summed E-state index contributed by atoms with van der Waals surface area (Å²) in [5.41, 5.74) is 7.94. The van der Waals surface area contributed by atoms with Crippen LogP contribution in [0.5, 0.6) is 0 Å². The quantitative estimate of drug-likeness (QED) is 0.332. The van der Waals surface area contributed by atoms with Gasteiger partial charge in [0.05, 0.1) is 10.9 Å². The number of carbonyl (C=O) groups excluding carboxylic acids is 1. The Hall–Kier alpha value is -4.21. The second-order valence-electron chi connectivity index (χ2n) is 7.30. The van der Waals surface area contributed by atoms with Crippen LogP contribution in [0.2, 0.25) is 0 Å². The Bertz CT molecular complexity index is 1220. The van der Waals surface area contributed by atoms with Crippen molar-refractivity contribution in [3.8, 4) is 0 Å². The van der Waals surface area contributed by atoms with Gasteiger partial charge in [0.25, 0.3) is 11.5 Å². The minimum atomic E-state index is -1.29. The molecule has 1 amide bonds. The van der Waals surface area contributed by atoms with Crippen LogP contribution in [-0.2, 0) is 22.4 Å². The summed E-state index contributed by atoms with van der Waals surface area (Å²) in [4.78, 5) is 52.8. The molecule has 1 aromatic heterocycles. The van der Waals surface area contributed by atoms with Gasteiger partial charge in [-0.3, -0.25) is 19.4 Å². The van der Waals surface area contributed by atoms with Crippen molar-refractivity contribution in [1.29, 1.82) is 0 Å². The predicted octanol–water partition coefficient (Wildman–Crippen LogP) is 1.34. The number of nitrogens with one attached hydrogen (secondary N) is 2. The Morgan fingerprint density at radius 2 is 1.69 bits per heavy atom. The average molecular weight is 438 g/mol. The van der Waals surface area contributed by atoms with Gasteiger partial charge in [0.1, 0.15) is 6.04 Å². The molecule has 0 saturated carbocycles. The number of aromatic amines is 1. The number of H-pyrrole nitrogens is 1. The summed E-state index contributed by atoms with van der Waals surface area (Å²) in [5.74, 6) is -2.94. The number of fused-ring (bicyclic) bond motifs is 1. The lowest BCUT2D eigenvalue weighted by Crippen LogP contribution is -2.41. The molecule has 6 N–H and O–H groups in total. The second-order valence-corrected chi connectivity index (χ2v) is 7.30. The minimum absolute atomic E-state index is 0.0657. The van der Waals surface area contributed by atoms with Crippen LogP contribution in [0.25, 0.3) is 10.9 Å². The van der Waals surface area contributed by atoms with E-state index in [1.54, 1.807) is 36.4 Å². The number of aliphatic carboxylic acids is 2. The number of anilines is 1. The maximum absolute atomic E-state index is 12.3. The molecule has 10 nitrogen and oxygen atoms in total. The normalized spacial score (nSPS) is 11.8. The van der Waals surface area contributed by atoms with Crippen molar-refractivity contribution >= 4 is 34.7 Å². The fourth-order valence-corrected chi connectivity index (χ4v) is 3.24. The average Bonchev–Trinajstić information content (AvgIpc) is 2.75. The van der Waals surface area contributed by atoms with Gasteiger partial charge in [0, 0.05) is 12.0 Å². The second kappa shape index (κ2) is 9.73. The van der Waals surface area contributed by atoms with Gasteiger partial charge in [-0.1, -0.05) is 18.2 Å². The van der Waals surface area contributed by atoms with Gasteiger partial charge >= 0.3 is 11.9 Å². The number of carboxylic acids is 2. The molecule has 0 aliphatic rings. The molecule has 0 saturated heterocycles. The van der Waals surface area contributed by atoms with Crippen LogP contribution in [0, 0.1) is 0 Å². The fourth-order valence-electron chi connectivity index (χ4n) is 3.24. The van der Waals surface area contributed by atoms with Crippen molar-refractivity contribution in [2.45, 2.75) is 31.7 Å². The zero-order valence-corrected chi connectivity index (χ0v) is 17.0. The largest absolute Gasteiger partial charge is 0.481 e. The third kappa shape index (κ3) is 5.69. The predicted molar refractivity (Wildman–Crippen MR) is 116 cm³/mol. The molecule has 0 fully saturated rings. The van der Waals surface area contributed by atoms with Crippen molar-refractivity contribution in [2.24, 2.45) is 0 Å². The lowest BCUT2D eigenvalue weighted by molar-refractivity contribution is -0.140. The summed E-state index contributed by atoms with van der Waals surface area (Å²) < 4.78 is 0. The zero-order chi connectivity index (χ0) is 23.3. The van der Waals surface area contributed by atoms with Crippen LogP contribution < -0.4 is 16.6 Å². The van der Waals surface area contributed by atoms with Gasteiger partial charge < -0.3 is 21.3 Å². The number of aromatic nitrogens is 2. The number of amides is 1. The molecule has 3 aromatic rings. The van der Waals surface area contributed by atoms with Crippen LogP contribution in [0.4, 0.5) is 5.95 Å². The summed E-state index contributed by atoms with van der Waals surface area (Å²) in [7, 11) is 0. The Labute approximate surface area is 182 Å². The SMILES string of the molecule is Nc1nc2ccc(CCc3ccc(C(=O)N[C@@H](CCC(=O)O)C(=O)O)cc3)cc2c(=O)[nH]1. The van der Waals surface area contributed by atoms with Gasteiger partial charge in [-0.25, -0.2) is 9.78 Å². The number of aryl methyl sites for hydroxylation is 2. The molecule has 2 aromatic carbocycles. The molecule has 0 bridgehead atoms. The third-order valence-corrected chi connectivity index (χ3v) is 4.96. The molecule has 166 valence electrons. The lowest BCUT2D eigenvalue weighted by atomic mass is 10.0. The lowest BCUT2D eigenvalue weighted by Gasteiger charge is -2.13. The number of carboxylic acid groups (broad SMARTS) is 2. The Morgan fingerprint density at radius 1 is 1.03 bits per heavy atom. The van der Waals surface area contributed by atoms with E-state index in [0.717, 1.165) is 11.1 Å². The summed E-state index contributed by atoms with van der Waals surface area (Å²) in [5, 5.41) is 20.7. The van der Waals surface area contributed by atoms with Crippen LogP contribution in [0.1, 0.15) is 34.3 Å². The van der Waals surface area contributed by atoms with Gasteiger partial charge in [0.2, 0.25) is 5.95 Å². The van der Waals surface area contributed by atoms with E-state index in [4.69, 9.17) is 15.9 Å². The zero-order valence-electron chi connectivity index (χ0n) is 17.0. The molecule has 1 heterocycles. The highest BCUT2D eigenvalue weighted by Gasteiger charge is 2.21. The van der Waals surface area contributed by atoms with Crippen molar-refractivity contribution in [3.05, 3.63) is 69.5 Å². The summed E-state index contributed by atoms with van der Waals surface area (Å²) >= 11 is 0. The minimum Gasteiger partial charge on any atom is -0.481 e. The van der Waals surface area contributed by atoms with Crippen LogP contribution in [0.3, 0.4) is 0 Å². The number of hydrogen-bond donors (Lipinski definition) is 5. The van der Waals surface area contributed by atoms with Crippen molar-refractivity contribution in [1.82, 2.24) is 15.3 Å². The molecule has 10 heteroatoms. The number of benzene rings is 2. The number of rotatable bonds is 9. The maximum atomic E-state index is 12.3. The molecular weight excluding hydrogens is 416 g/mol. The van der Waals surface area contributed by atoms with Crippen molar-refractivity contribution < 1.29 is 24.6 Å². The first kappa shape index (κ1) is 22.5. The van der Waals surface area contributed by atoms with Crippen molar-refractivity contribution in [2.75, 3.05) is 5.73 Å². The number of nitrogens with two attached hydrogens (primary N) is 1. The van der Waals surface area contributed by atoms with E-state index < -0.39 is 23.9 Å². The number of nitrogen functional groups attached to an aromatic ring is 1. The number of nitrogens with zero attached hydrogens (tertiary/aromatic N) is 1. The van der Waals surface area contributed by atoms with Crippen LogP contribution in [-0.4, -0.2) is 44.1 Å². The van der Waals surface area contributed by atoms with Crippen LogP contribution in [0.15, 0.2) is 47.3 Å². The van der Waals surface area contributed by atoms with Gasteiger partial charge in [-0.05, 0) is 54.7 Å². The van der Waals surface area contributed by atoms with E-state index in [-0.39, 0.29) is 29.9 Å². The van der Waals surface area contributed by atoms with Crippen molar-refractivity contribution in [3.63, 3.8) is 0 Å². The highest BCUT2D eigenvalue weighted by Crippen LogP contribution is 2.14. The highest BCUT2D eigenvalue weighted by atomic mass is 16.4. The van der Waals surface area contributed by atoms with E-state index in [9.17, 15) is 19.2 Å². The van der Waals surface area contributed by atoms with E-state index >= 15 is 0 Å². The molecule has 0 aliphatic heterocycles. The maximum Gasteiger partial charge on any atom is 0.326 e. The first-order valence-corrected chi connectivity index (χ1v) is 9.86. The van der Waals surface area contributed by atoms with E-state index in [1.807, 2.05) is 6.07 Å². The summed E-state index contributed by atoms with van der Waals surface area (Å²) in [6.07, 6.45) is 0.747. The summed E-state index contributed by atoms with van der Waals surface area (Å²) in [6, 6.07) is 10.8. The van der Waals surface area contributed by atoms with Crippen LogP contribution >= 0.6 is 0 Å². The van der Waals surface area contributed by atoms with E-state index in [2.05, 4.69) is 15.3 Å². The molecule has 0 unspecified atom stereocenters. The molecule has 1 atom stereocenters. The molecular formula is C22H22N4O6. The molecule has 32 heavy (non-hydrogen) atoms. The molecule has 0 aliphatic carbocycles. The Balaban J connectivity index is 1.62. The fraction of sp³-hybridized carbons (Fsp3) is 0.227. The van der Waals surface area contributed by atoms with E-state index in [1.165, 1.54) is 0 Å². The number of hydrogen-bond acceptors (Lipinski definition) is 6. The molecule has 0 radical (unpaired) electrons. The first-order chi connectivity index (χ1) is 15.2. The van der Waals surface area contributed by atoms with Gasteiger partial charge in [-0.2, -0.15) is 0 Å². The highest BCUT2D eigenvalue weighted by molar-refractivity contribution is 5.96. The first-order valence-electron chi connectivity index (χ1n) is 9.86. The van der Waals surface area contributed by atoms with Gasteiger partial charge in [-0.15, -0.1) is 0 Å². The Kier molecular flexibility index (Phi) is 6.83. The third-order valence-electron chi connectivity index (χ3n) is 4.96. The smallest absolute Gasteiger partial charge is 0.326 e. The van der Waals surface area contributed by atoms with E-state index in [0.29, 0.717) is 23.7 Å². The standard InChI is InChI=1S/C22H22N4O6/c23-22-25-16-8-5-13(11-15(16)20(30)26-22)2-1-12-3-6-14(7-4-12)19(29)24-17(21(31)32)9-10-18(27)28/h3-8,11,17H,1-2,9-10H2,(H,24,29)(H,27,28)(H,31,32)(H3,23,25,26,30)/t17-/m0/s1. The molecule has 3 rings (SSSR count). The van der Waals surface area contributed by atoms with Gasteiger partial charge in [0.15, 0.2) is 0 Å². The summed E-state index contributed by atoms with van der Waals surface area (Å²) in [6.45, 7) is 0. The molecule has 0 spiro atoms. The monoisotopic (exact) mass is 438 g/mol. The topological polar surface area (TPSA) is 175 Å². The number of carbonyl (C=O) groups is 3. The Morgan fingerprint density at radius 3 is 2.34 bits per heavy atom.